The van der Waals surface area contributed by atoms with Crippen LogP contribution in [0.4, 0.5) is 5.82 Å². The second-order valence-corrected chi connectivity index (χ2v) is 8.14. The summed E-state index contributed by atoms with van der Waals surface area (Å²) in [6.07, 6.45) is 1.89. The van der Waals surface area contributed by atoms with Gasteiger partial charge in [-0.3, -0.25) is 4.79 Å². The second-order valence-electron chi connectivity index (χ2n) is 7.28. The van der Waals surface area contributed by atoms with Crippen LogP contribution < -0.4 is 4.90 Å². The maximum atomic E-state index is 12.8. The molecule has 1 aliphatic heterocycles. The van der Waals surface area contributed by atoms with Gasteiger partial charge in [0.25, 0.3) is 5.91 Å². The number of nitrogens with zero attached hydrogens (tertiary/aromatic N) is 4. The van der Waals surface area contributed by atoms with Crippen LogP contribution in [0.15, 0.2) is 41.9 Å². The zero-order valence-corrected chi connectivity index (χ0v) is 17.3. The normalized spacial score (nSPS) is 14.4. The molecule has 1 fully saturated rings. The number of thiazole rings is 1. The first-order valence-electron chi connectivity index (χ1n) is 9.51. The van der Waals surface area contributed by atoms with E-state index in [1.165, 1.54) is 5.56 Å². The van der Waals surface area contributed by atoms with Crippen molar-refractivity contribution >= 4 is 23.1 Å². The van der Waals surface area contributed by atoms with Crippen LogP contribution in [0.5, 0.6) is 0 Å². The summed E-state index contributed by atoms with van der Waals surface area (Å²) in [6.45, 7) is 9.11. The summed E-state index contributed by atoms with van der Waals surface area (Å²) in [4.78, 5) is 26.1. The first-order valence-corrected chi connectivity index (χ1v) is 10.4. The van der Waals surface area contributed by atoms with Crippen LogP contribution in [0, 0.1) is 20.8 Å². The van der Waals surface area contributed by atoms with Gasteiger partial charge in [-0.2, -0.15) is 0 Å². The molecule has 0 saturated carbocycles. The minimum Gasteiger partial charge on any atom is -0.353 e. The van der Waals surface area contributed by atoms with Gasteiger partial charge in [-0.25, -0.2) is 9.97 Å². The standard InChI is InChI=1S/C22H24N4OS/c1-15-4-5-18(12-16(15)2)22(27)26-10-8-25(9-11-26)20-7-6-19(13-23-20)21-24-17(3)14-28-21/h4-7,12-14H,8-11H2,1-3H3. The molecule has 4 rings (SSSR count). The quantitative estimate of drug-likeness (QED) is 0.674. The molecule has 1 amide bonds. The Hall–Kier alpha value is -2.73. The second kappa shape index (κ2) is 7.72. The lowest BCUT2D eigenvalue weighted by atomic mass is 10.1. The molecule has 3 heterocycles. The van der Waals surface area contributed by atoms with Crippen molar-refractivity contribution in [3.8, 4) is 10.6 Å². The molecule has 0 bridgehead atoms. The fourth-order valence-corrected chi connectivity index (χ4v) is 4.17. The highest BCUT2D eigenvalue weighted by Gasteiger charge is 2.23. The van der Waals surface area contributed by atoms with Crippen LogP contribution in [-0.4, -0.2) is 47.0 Å². The minimum absolute atomic E-state index is 0.116. The van der Waals surface area contributed by atoms with Crippen molar-refractivity contribution < 1.29 is 4.79 Å². The molecule has 0 radical (unpaired) electrons. The summed E-state index contributed by atoms with van der Waals surface area (Å²) in [5, 5.41) is 3.05. The van der Waals surface area contributed by atoms with E-state index in [0.717, 1.165) is 46.3 Å². The Bertz CT molecular complexity index is 988. The molecular weight excluding hydrogens is 368 g/mol. The van der Waals surface area contributed by atoms with Crippen molar-refractivity contribution in [2.24, 2.45) is 0 Å². The molecule has 6 heteroatoms. The van der Waals surface area contributed by atoms with E-state index in [9.17, 15) is 4.79 Å². The van der Waals surface area contributed by atoms with E-state index in [1.54, 1.807) is 11.3 Å². The number of aryl methyl sites for hydroxylation is 3. The summed E-state index contributed by atoms with van der Waals surface area (Å²) in [5.74, 6) is 1.07. The monoisotopic (exact) mass is 392 g/mol. The summed E-state index contributed by atoms with van der Waals surface area (Å²) in [5.41, 5.74) is 5.23. The van der Waals surface area contributed by atoms with Crippen molar-refractivity contribution in [1.82, 2.24) is 14.9 Å². The minimum atomic E-state index is 0.116. The third-order valence-corrected chi connectivity index (χ3v) is 6.27. The van der Waals surface area contributed by atoms with Crippen LogP contribution in [0.3, 0.4) is 0 Å². The number of piperazine rings is 1. The molecule has 5 nitrogen and oxygen atoms in total. The first-order chi connectivity index (χ1) is 13.5. The Kier molecular flexibility index (Phi) is 5.13. The average molecular weight is 393 g/mol. The number of hydrogen-bond acceptors (Lipinski definition) is 5. The van der Waals surface area contributed by atoms with Crippen molar-refractivity contribution in [3.63, 3.8) is 0 Å². The van der Waals surface area contributed by atoms with E-state index < -0.39 is 0 Å². The summed E-state index contributed by atoms with van der Waals surface area (Å²) >= 11 is 1.64. The van der Waals surface area contributed by atoms with E-state index in [4.69, 9.17) is 0 Å². The molecule has 3 aromatic rings. The van der Waals surface area contributed by atoms with Gasteiger partial charge < -0.3 is 9.80 Å². The lowest BCUT2D eigenvalue weighted by molar-refractivity contribution is 0.0746. The number of carbonyl (C=O) groups excluding carboxylic acids is 1. The largest absolute Gasteiger partial charge is 0.353 e. The van der Waals surface area contributed by atoms with Gasteiger partial charge in [0.15, 0.2) is 0 Å². The molecule has 1 aliphatic rings. The highest BCUT2D eigenvalue weighted by atomic mass is 32.1. The topological polar surface area (TPSA) is 49.3 Å². The maximum absolute atomic E-state index is 12.8. The molecule has 0 spiro atoms. The molecule has 0 atom stereocenters. The smallest absolute Gasteiger partial charge is 0.253 e. The average Bonchev–Trinajstić information content (AvgIpc) is 3.16. The van der Waals surface area contributed by atoms with Crippen molar-refractivity contribution in [1.29, 1.82) is 0 Å². The number of anilines is 1. The van der Waals surface area contributed by atoms with Crippen LogP contribution in [0.1, 0.15) is 27.2 Å². The van der Waals surface area contributed by atoms with Crippen LogP contribution in [-0.2, 0) is 0 Å². The van der Waals surface area contributed by atoms with Gasteiger partial charge in [-0.05, 0) is 56.2 Å². The van der Waals surface area contributed by atoms with Crippen molar-refractivity contribution in [2.45, 2.75) is 20.8 Å². The highest BCUT2D eigenvalue weighted by molar-refractivity contribution is 7.13. The number of amides is 1. The summed E-state index contributed by atoms with van der Waals surface area (Å²) in [7, 11) is 0. The number of benzene rings is 1. The number of rotatable bonds is 3. The molecule has 0 unspecified atom stereocenters. The van der Waals surface area contributed by atoms with Gasteiger partial charge in [0, 0.05) is 54.6 Å². The van der Waals surface area contributed by atoms with Gasteiger partial charge in [0.1, 0.15) is 10.8 Å². The molecular formula is C22H24N4OS. The third-order valence-electron chi connectivity index (χ3n) is 5.26. The Morgan fingerprint density at radius 1 is 1.00 bits per heavy atom. The van der Waals surface area contributed by atoms with Crippen LogP contribution in [0.2, 0.25) is 0 Å². The predicted molar refractivity (Wildman–Crippen MR) is 114 cm³/mol. The molecule has 2 aromatic heterocycles. The molecule has 0 aliphatic carbocycles. The Morgan fingerprint density at radius 2 is 1.79 bits per heavy atom. The SMILES string of the molecule is Cc1csc(-c2ccc(N3CCN(C(=O)c4ccc(C)c(C)c4)CC3)nc2)n1. The van der Waals surface area contributed by atoms with E-state index in [0.29, 0.717) is 13.1 Å². The number of hydrogen-bond donors (Lipinski definition) is 0. The Morgan fingerprint density at radius 3 is 2.39 bits per heavy atom. The van der Waals surface area contributed by atoms with E-state index in [1.807, 2.05) is 49.2 Å². The van der Waals surface area contributed by atoms with Crippen molar-refractivity contribution in [2.75, 3.05) is 31.1 Å². The maximum Gasteiger partial charge on any atom is 0.253 e. The predicted octanol–water partition coefficient (Wildman–Crippen LogP) is 4.09. The molecule has 28 heavy (non-hydrogen) atoms. The number of pyridine rings is 1. The summed E-state index contributed by atoms with van der Waals surface area (Å²) < 4.78 is 0. The molecule has 1 aromatic carbocycles. The van der Waals surface area contributed by atoms with Crippen LogP contribution >= 0.6 is 11.3 Å². The lowest BCUT2D eigenvalue weighted by Crippen LogP contribution is -2.49. The van der Waals surface area contributed by atoms with Gasteiger partial charge in [-0.15, -0.1) is 11.3 Å². The third kappa shape index (κ3) is 3.78. The summed E-state index contributed by atoms with van der Waals surface area (Å²) in [6, 6.07) is 10.1. The zero-order chi connectivity index (χ0) is 19.7. The number of carbonyl (C=O) groups is 1. The molecule has 144 valence electrons. The Balaban J connectivity index is 1.39. The molecule has 1 saturated heterocycles. The van der Waals surface area contributed by atoms with Gasteiger partial charge in [0.2, 0.25) is 0 Å². The van der Waals surface area contributed by atoms with Gasteiger partial charge in [0.05, 0.1) is 0 Å². The fourth-order valence-electron chi connectivity index (χ4n) is 3.38. The lowest BCUT2D eigenvalue weighted by Gasteiger charge is -2.35. The van der Waals surface area contributed by atoms with Crippen molar-refractivity contribution in [3.05, 3.63) is 64.3 Å². The van der Waals surface area contributed by atoms with Crippen LogP contribution in [0.25, 0.3) is 10.6 Å². The van der Waals surface area contributed by atoms with Gasteiger partial charge >= 0.3 is 0 Å². The van der Waals surface area contributed by atoms with E-state index in [2.05, 4.69) is 33.2 Å². The zero-order valence-electron chi connectivity index (χ0n) is 16.5. The Labute approximate surface area is 169 Å². The first kappa shape index (κ1) is 18.6. The van der Waals surface area contributed by atoms with Gasteiger partial charge in [-0.1, -0.05) is 6.07 Å². The van der Waals surface area contributed by atoms with E-state index >= 15 is 0 Å². The highest BCUT2D eigenvalue weighted by Crippen LogP contribution is 2.25. The van der Waals surface area contributed by atoms with E-state index in [-0.39, 0.29) is 5.91 Å². The number of aromatic nitrogens is 2. The molecule has 0 N–H and O–H groups in total. The fraction of sp³-hybridized carbons (Fsp3) is 0.318.